The number of piperidine rings is 1. The minimum absolute atomic E-state index is 0.411. The molecule has 0 spiro atoms. The van der Waals surface area contributed by atoms with Gasteiger partial charge in [-0.3, -0.25) is 4.99 Å². The Morgan fingerprint density at radius 1 is 1.43 bits per heavy atom. The number of aryl methyl sites for hydroxylation is 2. The number of hydrogen-bond acceptors (Lipinski definition) is 4. The Bertz CT molecular complexity index is 459. The van der Waals surface area contributed by atoms with Crippen LogP contribution in [0.4, 0.5) is 0 Å². The van der Waals surface area contributed by atoms with E-state index >= 15 is 0 Å². The van der Waals surface area contributed by atoms with Crippen LogP contribution in [-0.4, -0.2) is 48.7 Å². The number of thiazole rings is 1. The van der Waals surface area contributed by atoms with Gasteiger partial charge in [0, 0.05) is 31.6 Å². The molecule has 21 heavy (non-hydrogen) atoms. The maximum Gasteiger partial charge on any atom is 0.193 e. The summed E-state index contributed by atoms with van der Waals surface area (Å²) in [5, 5.41) is 4.55. The van der Waals surface area contributed by atoms with Crippen molar-refractivity contribution < 1.29 is 4.74 Å². The van der Waals surface area contributed by atoms with Gasteiger partial charge in [-0.25, -0.2) is 4.98 Å². The molecular weight excluding hydrogens is 284 g/mol. The largest absolute Gasteiger partial charge is 0.378 e. The highest BCUT2D eigenvalue weighted by Gasteiger charge is 2.21. The molecule has 5 nitrogen and oxygen atoms in total. The van der Waals surface area contributed by atoms with Crippen LogP contribution in [0.25, 0.3) is 0 Å². The molecule has 0 amide bonds. The normalized spacial score (nSPS) is 17.3. The molecule has 2 rings (SSSR count). The molecule has 1 aliphatic rings. The number of nitrogens with one attached hydrogen (secondary N) is 1. The Hall–Kier alpha value is -1.14. The number of rotatable bonds is 4. The number of aromatic nitrogens is 1. The first-order valence-electron chi connectivity index (χ1n) is 7.64. The summed E-state index contributed by atoms with van der Waals surface area (Å²) in [4.78, 5) is 12.6. The van der Waals surface area contributed by atoms with Crippen LogP contribution in [0.5, 0.6) is 0 Å². The van der Waals surface area contributed by atoms with E-state index in [4.69, 9.17) is 4.74 Å². The van der Waals surface area contributed by atoms with Gasteiger partial charge in [0.1, 0.15) is 5.01 Å². The molecule has 1 N–H and O–H groups in total. The average Bonchev–Trinajstić information content (AvgIpc) is 2.80. The Labute approximate surface area is 131 Å². The molecule has 0 unspecified atom stereocenters. The Morgan fingerprint density at radius 2 is 2.14 bits per heavy atom. The lowest BCUT2D eigenvalue weighted by Gasteiger charge is -2.33. The molecule has 1 saturated heterocycles. The summed E-state index contributed by atoms with van der Waals surface area (Å²) in [5.41, 5.74) is 1.13. The molecule has 1 aliphatic heterocycles. The number of nitrogens with zero attached hydrogens (tertiary/aromatic N) is 3. The molecule has 2 heterocycles. The maximum atomic E-state index is 5.69. The molecule has 0 aliphatic carbocycles. The van der Waals surface area contributed by atoms with E-state index in [-0.39, 0.29) is 0 Å². The smallest absolute Gasteiger partial charge is 0.193 e. The highest BCUT2D eigenvalue weighted by molar-refractivity contribution is 7.11. The molecule has 0 radical (unpaired) electrons. The van der Waals surface area contributed by atoms with Crippen LogP contribution in [-0.2, 0) is 11.3 Å². The van der Waals surface area contributed by atoms with E-state index < -0.39 is 0 Å². The highest BCUT2D eigenvalue weighted by Crippen LogP contribution is 2.17. The number of guanidine groups is 1. The van der Waals surface area contributed by atoms with Crippen LogP contribution in [0.3, 0.4) is 0 Å². The third-order valence-corrected chi connectivity index (χ3v) is 4.90. The third kappa shape index (κ3) is 4.41. The summed E-state index contributed by atoms with van der Waals surface area (Å²) < 4.78 is 5.69. The average molecular weight is 310 g/mol. The van der Waals surface area contributed by atoms with Gasteiger partial charge < -0.3 is 15.0 Å². The molecule has 1 aromatic heterocycles. The van der Waals surface area contributed by atoms with Crippen molar-refractivity contribution in [3.8, 4) is 0 Å². The lowest BCUT2D eigenvalue weighted by molar-refractivity contribution is 0.0263. The number of hydrogen-bond donors (Lipinski definition) is 1. The zero-order valence-corrected chi connectivity index (χ0v) is 14.3. The van der Waals surface area contributed by atoms with Crippen LogP contribution in [0.15, 0.2) is 4.99 Å². The number of aliphatic imine (C=N–C) groups is 1. The molecule has 0 atom stereocenters. The van der Waals surface area contributed by atoms with Crippen LogP contribution in [0.1, 0.15) is 35.3 Å². The van der Waals surface area contributed by atoms with E-state index in [0.717, 1.165) is 55.7 Å². The van der Waals surface area contributed by atoms with Gasteiger partial charge >= 0.3 is 0 Å². The first-order valence-corrected chi connectivity index (χ1v) is 8.45. The van der Waals surface area contributed by atoms with E-state index in [1.54, 1.807) is 11.3 Å². The molecule has 0 aromatic carbocycles. The van der Waals surface area contributed by atoms with Crippen molar-refractivity contribution >= 4 is 17.3 Å². The Morgan fingerprint density at radius 3 is 2.67 bits per heavy atom. The Kier molecular flexibility index (Phi) is 5.99. The van der Waals surface area contributed by atoms with E-state index in [1.165, 1.54) is 4.88 Å². The molecule has 1 aromatic rings. The summed E-state index contributed by atoms with van der Waals surface area (Å²) in [5.74, 6) is 0.968. The van der Waals surface area contributed by atoms with E-state index in [1.807, 2.05) is 7.05 Å². The van der Waals surface area contributed by atoms with Crippen molar-refractivity contribution in [3.05, 3.63) is 15.6 Å². The second-order valence-corrected chi connectivity index (χ2v) is 6.58. The lowest BCUT2D eigenvalue weighted by atomic mass is 10.1. The van der Waals surface area contributed by atoms with Gasteiger partial charge in [-0.2, -0.15) is 0 Å². The van der Waals surface area contributed by atoms with Gasteiger partial charge in [-0.05, 0) is 33.6 Å². The second kappa shape index (κ2) is 7.75. The summed E-state index contributed by atoms with van der Waals surface area (Å²) in [7, 11) is 1.84. The van der Waals surface area contributed by atoms with Gasteiger partial charge in [0.05, 0.1) is 18.3 Å². The van der Waals surface area contributed by atoms with Crippen molar-refractivity contribution in [2.75, 3.05) is 26.7 Å². The first kappa shape index (κ1) is 16.2. The number of ether oxygens (including phenoxy) is 1. The van der Waals surface area contributed by atoms with Crippen LogP contribution >= 0.6 is 11.3 Å². The van der Waals surface area contributed by atoms with Crippen molar-refractivity contribution in [2.45, 2.75) is 46.3 Å². The van der Waals surface area contributed by atoms with Gasteiger partial charge in [-0.1, -0.05) is 0 Å². The summed E-state index contributed by atoms with van der Waals surface area (Å²) in [6.07, 6.45) is 2.56. The predicted molar refractivity (Wildman–Crippen MR) is 88.0 cm³/mol. The fourth-order valence-corrected chi connectivity index (χ4v) is 3.45. The van der Waals surface area contributed by atoms with Crippen LogP contribution in [0, 0.1) is 13.8 Å². The SMILES string of the molecule is CCOC1CCN(C(=NC)NCc2nc(C)c(C)s2)CC1. The van der Waals surface area contributed by atoms with E-state index in [9.17, 15) is 0 Å². The minimum Gasteiger partial charge on any atom is -0.378 e. The zero-order chi connectivity index (χ0) is 15.2. The van der Waals surface area contributed by atoms with Crippen molar-refractivity contribution in [2.24, 2.45) is 4.99 Å². The van der Waals surface area contributed by atoms with Gasteiger partial charge in [0.15, 0.2) is 5.96 Å². The molecule has 0 bridgehead atoms. The fourth-order valence-electron chi connectivity index (χ4n) is 2.57. The van der Waals surface area contributed by atoms with Crippen molar-refractivity contribution in [3.63, 3.8) is 0 Å². The predicted octanol–water partition coefficient (Wildman–Crippen LogP) is 2.34. The molecule has 118 valence electrons. The summed E-state index contributed by atoms with van der Waals surface area (Å²) in [6, 6.07) is 0. The van der Waals surface area contributed by atoms with Crippen molar-refractivity contribution in [1.82, 2.24) is 15.2 Å². The first-order chi connectivity index (χ1) is 10.1. The highest BCUT2D eigenvalue weighted by atomic mass is 32.1. The molecule has 6 heteroatoms. The quantitative estimate of drug-likeness (QED) is 0.685. The standard InChI is InChI=1S/C15H26N4OS/c1-5-20-13-6-8-19(9-7-13)15(16-4)17-10-14-18-11(2)12(3)21-14/h13H,5-10H2,1-4H3,(H,16,17). The maximum absolute atomic E-state index is 5.69. The molecule has 0 saturated carbocycles. The van der Waals surface area contributed by atoms with Crippen LogP contribution < -0.4 is 5.32 Å². The lowest BCUT2D eigenvalue weighted by Crippen LogP contribution is -2.46. The van der Waals surface area contributed by atoms with Gasteiger partial charge in [0.2, 0.25) is 0 Å². The third-order valence-electron chi connectivity index (χ3n) is 3.83. The van der Waals surface area contributed by atoms with Gasteiger partial charge in [0.25, 0.3) is 0 Å². The second-order valence-electron chi connectivity index (χ2n) is 5.29. The zero-order valence-electron chi connectivity index (χ0n) is 13.5. The van der Waals surface area contributed by atoms with Crippen molar-refractivity contribution in [1.29, 1.82) is 0 Å². The van der Waals surface area contributed by atoms with Crippen LogP contribution in [0.2, 0.25) is 0 Å². The Balaban J connectivity index is 1.84. The fraction of sp³-hybridized carbons (Fsp3) is 0.733. The molecular formula is C15H26N4OS. The summed E-state index contributed by atoms with van der Waals surface area (Å²) in [6.45, 7) is 9.79. The monoisotopic (exact) mass is 310 g/mol. The molecule has 1 fully saturated rings. The number of likely N-dealkylation sites (tertiary alicyclic amines) is 1. The minimum atomic E-state index is 0.411. The van der Waals surface area contributed by atoms with Gasteiger partial charge in [-0.15, -0.1) is 11.3 Å². The van der Waals surface area contributed by atoms with E-state index in [2.05, 4.69) is 41.0 Å². The topological polar surface area (TPSA) is 49.8 Å². The van der Waals surface area contributed by atoms with E-state index in [0.29, 0.717) is 6.10 Å². The summed E-state index contributed by atoms with van der Waals surface area (Å²) >= 11 is 1.75.